The van der Waals surface area contributed by atoms with Crippen LogP contribution in [0, 0.1) is 12.3 Å². The maximum atomic E-state index is 6.92. The molecule has 0 aliphatic rings. The fourth-order valence-corrected chi connectivity index (χ4v) is 2.69. The molecule has 0 bridgehead atoms. The molecule has 0 aliphatic carbocycles. The second-order valence-electron chi connectivity index (χ2n) is 5.26. The van der Waals surface area contributed by atoms with Gasteiger partial charge in [0, 0.05) is 6.42 Å². The number of hydrogen-bond donors (Lipinski definition) is 0. The van der Waals surface area contributed by atoms with Crippen LogP contribution in [0.5, 0.6) is 0 Å². The summed E-state index contributed by atoms with van der Waals surface area (Å²) in [5, 5.41) is 5.23. The van der Waals surface area contributed by atoms with Crippen molar-refractivity contribution in [2.45, 2.75) is 25.7 Å². The van der Waals surface area contributed by atoms with Crippen LogP contribution in [-0.2, 0) is 6.42 Å². The highest BCUT2D eigenvalue weighted by Gasteiger charge is 2.00. The Kier molecular flexibility index (Phi) is 3.70. The number of fused-ring (bicyclic) bond motifs is 2. The van der Waals surface area contributed by atoms with Gasteiger partial charge in [0.15, 0.2) is 0 Å². The molecule has 20 heavy (non-hydrogen) atoms. The van der Waals surface area contributed by atoms with Crippen molar-refractivity contribution in [3.8, 4) is 5.92 Å². The molecule has 0 atom stereocenters. The van der Waals surface area contributed by atoms with Gasteiger partial charge in [-0.1, -0.05) is 48.4 Å². The van der Waals surface area contributed by atoms with Crippen LogP contribution in [-0.4, -0.2) is 0 Å². The van der Waals surface area contributed by atoms with Gasteiger partial charge in [-0.25, -0.2) is 0 Å². The highest BCUT2D eigenvalue weighted by Crippen LogP contribution is 2.24. The molecule has 1 radical (unpaired) electrons. The van der Waals surface area contributed by atoms with Crippen LogP contribution in [0.4, 0.5) is 0 Å². The summed E-state index contributed by atoms with van der Waals surface area (Å²) in [6.45, 7) is 0. The molecule has 3 aromatic carbocycles. The molecule has 0 amide bonds. The molecule has 0 N–H and O–H groups in total. The van der Waals surface area contributed by atoms with Gasteiger partial charge in [0.05, 0.1) is 0 Å². The number of aryl methyl sites for hydroxylation is 1. The lowest BCUT2D eigenvalue weighted by Crippen LogP contribution is -1.86. The molecule has 0 spiro atoms. The van der Waals surface area contributed by atoms with Crippen LogP contribution >= 0.6 is 0 Å². The van der Waals surface area contributed by atoms with E-state index in [0.29, 0.717) is 0 Å². The second-order valence-corrected chi connectivity index (χ2v) is 5.26. The monoisotopic (exact) mass is 257 g/mol. The van der Waals surface area contributed by atoms with E-state index < -0.39 is 0 Å². The summed E-state index contributed by atoms with van der Waals surface area (Å²) < 4.78 is 0. The largest absolute Gasteiger partial charge is 0.0891 e. The summed E-state index contributed by atoms with van der Waals surface area (Å²) in [6, 6.07) is 19.8. The Morgan fingerprint density at radius 1 is 0.750 bits per heavy atom. The van der Waals surface area contributed by atoms with E-state index in [4.69, 9.17) is 6.42 Å². The molecular weight excluding hydrogens is 240 g/mol. The predicted molar refractivity (Wildman–Crippen MR) is 86.1 cm³/mol. The lowest BCUT2D eigenvalue weighted by molar-refractivity contribution is 0.757. The second kappa shape index (κ2) is 5.80. The first kappa shape index (κ1) is 12.8. The number of rotatable bonds is 4. The molecule has 0 heteroatoms. The van der Waals surface area contributed by atoms with Crippen molar-refractivity contribution in [2.24, 2.45) is 0 Å². The van der Waals surface area contributed by atoms with Crippen LogP contribution < -0.4 is 0 Å². The minimum absolute atomic E-state index is 0.776. The van der Waals surface area contributed by atoms with Crippen LogP contribution in [0.1, 0.15) is 24.8 Å². The van der Waals surface area contributed by atoms with Crippen molar-refractivity contribution in [1.29, 1.82) is 0 Å². The average molecular weight is 257 g/mol. The van der Waals surface area contributed by atoms with E-state index in [0.717, 1.165) is 25.7 Å². The van der Waals surface area contributed by atoms with Gasteiger partial charge in [-0.3, -0.25) is 0 Å². The molecule has 0 saturated carbocycles. The Bertz CT molecular complexity index is 775. The summed E-state index contributed by atoms with van der Waals surface area (Å²) >= 11 is 0. The smallest absolute Gasteiger partial charge is 0.00990 e. The van der Waals surface area contributed by atoms with Gasteiger partial charge in [0.1, 0.15) is 0 Å². The van der Waals surface area contributed by atoms with E-state index in [2.05, 4.69) is 60.5 Å². The topological polar surface area (TPSA) is 0 Å². The van der Waals surface area contributed by atoms with Crippen LogP contribution in [0.25, 0.3) is 21.5 Å². The van der Waals surface area contributed by atoms with E-state index in [9.17, 15) is 0 Å². The summed E-state index contributed by atoms with van der Waals surface area (Å²) in [5.41, 5.74) is 1.39. The van der Waals surface area contributed by atoms with E-state index in [1.807, 2.05) is 0 Å². The third-order valence-electron chi connectivity index (χ3n) is 3.79. The maximum absolute atomic E-state index is 6.92. The SMILES string of the molecule is [C]#CCCCCc1ccc2cc3ccccc3cc2c1. The van der Waals surface area contributed by atoms with Gasteiger partial charge in [-0.2, -0.15) is 0 Å². The first-order valence-electron chi connectivity index (χ1n) is 7.18. The molecule has 0 aliphatic heterocycles. The van der Waals surface area contributed by atoms with Gasteiger partial charge < -0.3 is 0 Å². The summed E-state index contributed by atoms with van der Waals surface area (Å²) in [5.74, 6) is 2.45. The molecular formula is C20H17. The minimum Gasteiger partial charge on any atom is -0.0891 e. The lowest BCUT2D eigenvalue weighted by atomic mass is 9.99. The van der Waals surface area contributed by atoms with E-state index >= 15 is 0 Å². The minimum atomic E-state index is 0.776. The van der Waals surface area contributed by atoms with Crippen molar-refractivity contribution in [3.05, 3.63) is 66.6 Å². The summed E-state index contributed by atoms with van der Waals surface area (Å²) in [6.07, 6.45) is 11.0. The zero-order valence-corrected chi connectivity index (χ0v) is 11.5. The molecule has 0 nitrogen and oxygen atoms in total. The Hall–Kier alpha value is -2.26. The molecule has 97 valence electrons. The van der Waals surface area contributed by atoms with Crippen molar-refractivity contribution < 1.29 is 0 Å². The van der Waals surface area contributed by atoms with Gasteiger partial charge >= 0.3 is 0 Å². The standard InChI is InChI=1S/C20H17/c1-2-3-4-5-8-16-11-12-19-14-17-9-6-7-10-18(17)15-20(19)13-16/h6-7,9-15H,3-5,8H2. The Morgan fingerprint density at radius 3 is 2.20 bits per heavy atom. The zero-order valence-electron chi connectivity index (χ0n) is 11.5. The quantitative estimate of drug-likeness (QED) is 0.338. The lowest BCUT2D eigenvalue weighted by Gasteiger charge is -2.05. The van der Waals surface area contributed by atoms with Gasteiger partial charge in [0.2, 0.25) is 0 Å². The van der Waals surface area contributed by atoms with Crippen LogP contribution in [0.15, 0.2) is 54.6 Å². The van der Waals surface area contributed by atoms with Gasteiger partial charge in [-0.05, 0) is 64.9 Å². The summed E-state index contributed by atoms with van der Waals surface area (Å²) in [7, 11) is 0. The third-order valence-corrected chi connectivity index (χ3v) is 3.79. The maximum Gasteiger partial charge on any atom is 0.00990 e. The Labute approximate surface area is 120 Å². The van der Waals surface area contributed by atoms with Crippen molar-refractivity contribution in [2.75, 3.05) is 0 Å². The number of hydrogen-bond acceptors (Lipinski definition) is 0. The van der Waals surface area contributed by atoms with Crippen molar-refractivity contribution in [3.63, 3.8) is 0 Å². The fraction of sp³-hybridized carbons (Fsp3) is 0.200. The Balaban J connectivity index is 1.90. The fourth-order valence-electron chi connectivity index (χ4n) is 2.69. The average Bonchev–Trinajstić information content (AvgIpc) is 2.49. The molecule has 0 saturated heterocycles. The zero-order chi connectivity index (χ0) is 13.8. The molecule has 3 aromatic rings. The molecule has 0 unspecified atom stereocenters. The third kappa shape index (κ3) is 2.68. The van der Waals surface area contributed by atoms with E-state index in [-0.39, 0.29) is 0 Å². The first-order chi connectivity index (χ1) is 9.86. The van der Waals surface area contributed by atoms with Crippen LogP contribution in [0.2, 0.25) is 0 Å². The summed E-state index contributed by atoms with van der Waals surface area (Å²) in [4.78, 5) is 0. The molecule has 0 heterocycles. The number of unbranched alkanes of at least 4 members (excludes halogenated alkanes) is 2. The van der Waals surface area contributed by atoms with E-state index in [1.54, 1.807) is 0 Å². The Morgan fingerprint density at radius 2 is 1.45 bits per heavy atom. The highest BCUT2D eigenvalue weighted by atomic mass is 14.0. The van der Waals surface area contributed by atoms with Crippen molar-refractivity contribution >= 4 is 21.5 Å². The van der Waals surface area contributed by atoms with E-state index in [1.165, 1.54) is 27.1 Å². The molecule has 3 rings (SSSR count). The van der Waals surface area contributed by atoms with Crippen LogP contribution in [0.3, 0.4) is 0 Å². The molecule has 0 aromatic heterocycles. The number of benzene rings is 3. The van der Waals surface area contributed by atoms with Crippen molar-refractivity contribution in [1.82, 2.24) is 0 Å². The highest BCUT2D eigenvalue weighted by molar-refractivity contribution is 5.98. The predicted octanol–water partition coefficient (Wildman–Crippen LogP) is 5.30. The van der Waals surface area contributed by atoms with Gasteiger partial charge in [-0.15, -0.1) is 0 Å². The first-order valence-corrected chi connectivity index (χ1v) is 7.18. The molecule has 0 fully saturated rings. The normalized spacial score (nSPS) is 10.8. The van der Waals surface area contributed by atoms with Gasteiger partial charge in [0.25, 0.3) is 0 Å².